The van der Waals surface area contributed by atoms with Crippen molar-refractivity contribution in [3.63, 3.8) is 0 Å². The number of benzene rings is 1. The molecule has 2 amide bonds. The van der Waals surface area contributed by atoms with Gasteiger partial charge in [-0.25, -0.2) is 8.42 Å². The van der Waals surface area contributed by atoms with E-state index >= 15 is 0 Å². The standard InChI is InChI=1S/C18H24N2O4S/c1-3-19-13-18(12-16(19)21)7-9-20(10-8-18)17(22)14-5-4-6-15(11-14)25(2,23)24/h4-6,11H,3,7-10,12-13H2,1-2H3. The molecule has 25 heavy (non-hydrogen) atoms. The second kappa shape index (κ2) is 6.44. The van der Waals surface area contributed by atoms with E-state index < -0.39 is 9.84 Å². The Morgan fingerprint density at radius 3 is 2.48 bits per heavy atom. The summed E-state index contributed by atoms with van der Waals surface area (Å²) in [6, 6.07) is 6.20. The number of rotatable bonds is 3. The highest BCUT2D eigenvalue weighted by Crippen LogP contribution is 2.41. The van der Waals surface area contributed by atoms with E-state index in [1.807, 2.05) is 11.8 Å². The summed E-state index contributed by atoms with van der Waals surface area (Å²) in [7, 11) is -3.34. The molecule has 7 heteroatoms. The van der Waals surface area contributed by atoms with Gasteiger partial charge >= 0.3 is 0 Å². The quantitative estimate of drug-likeness (QED) is 0.816. The Kier molecular flexibility index (Phi) is 4.62. The van der Waals surface area contributed by atoms with Crippen molar-refractivity contribution < 1.29 is 18.0 Å². The van der Waals surface area contributed by atoms with Gasteiger partial charge in [-0.3, -0.25) is 9.59 Å². The topological polar surface area (TPSA) is 74.8 Å². The number of likely N-dealkylation sites (tertiary alicyclic amines) is 2. The van der Waals surface area contributed by atoms with Crippen LogP contribution in [-0.2, 0) is 14.6 Å². The molecule has 0 unspecified atom stereocenters. The summed E-state index contributed by atoms with van der Waals surface area (Å²) in [4.78, 5) is 28.6. The normalized spacial score (nSPS) is 20.3. The summed E-state index contributed by atoms with van der Waals surface area (Å²) in [5.74, 6) is 0.0696. The molecule has 1 aromatic carbocycles. The van der Waals surface area contributed by atoms with E-state index in [0.717, 1.165) is 32.2 Å². The van der Waals surface area contributed by atoms with Crippen molar-refractivity contribution in [3.05, 3.63) is 29.8 Å². The van der Waals surface area contributed by atoms with E-state index in [0.29, 0.717) is 25.1 Å². The van der Waals surface area contributed by atoms with Crippen LogP contribution in [0.5, 0.6) is 0 Å². The molecule has 0 bridgehead atoms. The second-order valence-corrected chi connectivity index (χ2v) is 9.19. The van der Waals surface area contributed by atoms with Gasteiger partial charge in [0.1, 0.15) is 0 Å². The van der Waals surface area contributed by atoms with Gasteiger partial charge in [0.15, 0.2) is 9.84 Å². The van der Waals surface area contributed by atoms with Crippen LogP contribution in [-0.4, -0.2) is 62.5 Å². The van der Waals surface area contributed by atoms with Crippen molar-refractivity contribution in [2.75, 3.05) is 32.4 Å². The van der Waals surface area contributed by atoms with Gasteiger partial charge in [-0.2, -0.15) is 0 Å². The predicted molar refractivity (Wildman–Crippen MR) is 94.0 cm³/mol. The number of amides is 2. The minimum atomic E-state index is -3.34. The number of carbonyl (C=O) groups is 2. The molecule has 2 saturated heterocycles. The molecule has 2 fully saturated rings. The van der Waals surface area contributed by atoms with Crippen LogP contribution in [0, 0.1) is 5.41 Å². The molecular weight excluding hydrogens is 340 g/mol. The summed E-state index contributed by atoms with van der Waals surface area (Å²) >= 11 is 0. The largest absolute Gasteiger partial charge is 0.342 e. The van der Waals surface area contributed by atoms with Crippen LogP contribution >= 0.6 is 0 Å². The van der Waals surface area contributed by atoms with Crippen LogP contribution < -0.4 is 0 Å². The Morgan fingerprint density at radius 1 is 1.24 bits per heavy atom. The van der Waals surface area contributed by atoms with Crippen LogP contribution in [0.3, 0.4) is 0 Å². The van der Waals surface area contributed by atoms with Crippen molar-refractivity contribution in [1.29, 1.82) is 0 Å². The van der Waals surface area contributed by atoms with Crippen LogP contribution in [0.1, 0.15) is 36.5 Å². The monoisotopic (exact) mass is 364 g/mol. The smallest absolute Gasteiger partial charge is 0.253 e. The van der Waals surface area contributed by atoms with Gasteiger partial charge in [0.05, 0.1) is 4.90 Å². The van der Waals surface area contributed by atoms with E-state index in [1.54, 1.807) is 17.0 Å². The first kappa shape index (κ1) is 17.9. The van der Waals surface area contributed by atoms with Crippen LogP contribution in [0.4, 0.5) is 0 Å². The lowest BCUT2D eigenvalue weighted by Gasteiger charge is -2.38. The Balaban J connectivity index is 1.70. The van der Waals surface area contributed by atoms with E-state index in [-0.39, 0.29) is 22.1 Å². The Morgan fingerprint density at radius 2 is 1.92 bits per heavy atom. The summed E-state index contributed by atoms with van der Waals surface area (Å²) in [5.41, 5.74) is 0.398. The molecule has 0 N–H and O–H groups in total. The number of sulfone groups is 1. The van der Waals surface area contributed by atoms with Crippen molar-refractivity contribution in [3.8, 4) is 0 Å². The van der Waals surface area contributed by atoms with Crippen LogP contribution in [0.2, 0.25) is 0 Å². The fourth-order valence-electron chi connectivity index (χ4n) is 3.83. The molecule has 0 radical (unpaired) electrons. The molecule has 3 rings (SSSR count). The number of hydrogen-bond acceptors (Lipinski definition) is 4. The molecule has 0 aromatic heterocycles. The fraction of sp³-hybridized carbons (Fsp3) is 0.556. The van der Waals surface area contributed by atoms with Gasteiger partial charge in [0.25, 0.3) is 5.91 Å². The third-order valence-corrected chi connectivity index (χ3v) is 6.52. The van der Waals surface area contributed by atoms with Gasteiger partial charge in [0, 0.05) is 49.8 Å². The summed E-state index contributed by atoms with van der Waals surface area (Å²) in [6.07, 6.45) is 3.34. The van der Waals surface area contributed by atoms with Crippen LogP contribution in [0.25, 0.3) is 0 Å². The second-order valence-electron chi connectivity index (χ2n) is 7.18. The van der Waals surface area contributed by atoms with Crippen molar-refractivity contribution in [2.24, 2.45) is 5.41 Å². The van der Waals surface area contributed by atoms with Crippen molar-refractivity contribution in [2.45, 2.75) is 31.1 Å². The van der Waals surface area contributed by atoms with Gasteiger partial charge < -0.3 is 9.80 Å². The zero-order valence-electron chi connectivity index (χ0n) is 14.7. The summed E-state index contributed by atoms with van der Waals surface area (Å²) < 4.78 is 23.4. The molecule has 1 spiro atoms. The first-order chi connectivity index (χ1) is 11.7. The van der Waals surface area contributed by atoms with Gasteiger partial charge in [-0.15, -0.1) is 0 Å². The van der Waals surface area contributed by atoms with E-state index in [4.69, 9.17) is 0 Å². The van der Waals surface area contributed by atoms with E-state index in [9.17, 15) is 18.0 Å². The molecule has 2 aliphatic rings. The minimum absolute atomic E-state index is 0.00151. The van der Waals surface area contributed by atoms with Gasteiger partial charge in [-0.05, 0) is 38.0 Å². The summed E-state index contributed by atoms with van der Waals surface area (Å²) in [5, 5.41) is 0. The highest BCUT2D eigenvalue weighted by Gasteiger charge is 2.44. The third-order valence-electron chi connectivity index (χ3n) is 5.41. The maximum atomic E-state index is 12.7. The lowest BCUT2D eigenvalue weighted by Crippen LogP contribution is -2.44. The Hall–Kier alpha value is -1.89. The molecular formula is C18H24N2O4S. The predicted octanol–water partition coefficient (Wildman–Crippen LogP) is 1.56. The summed E-state index contributed by atoms with van der Waals surface area (Å²) in [6.45, 7) is 4.72. The van der Waals surface area contributed by atoms with E-state index in [2.05, 4.69) is 0 Å². The number of nitrogens with zero attached hydrogens (tertiary/aromatic N) is 2. The Bertz CT molecular complexity index is 795. The maximum absolute atomic E-state index is 12.7. The lowest BCUT2D eigenvalue weighted by molar-refractivity contribution is -0.127. The third kappa shape index (κ3) is 3.56. The van der Waals surface area contributed by atoms with E-state index in [1.165, 1.54) is 12.1 Å². The molecule has 2 heterocycles. The van der Waals surface area contributed by atoms with Gasteiger partial charge in [-0.1, -0.05) is 6.07 Å². The maximum Gasteiger partial charge on any atom is 0.253 e. The zero-order valence-corrected chi connectivity index (χ0v) is 15.5. The zero-order chi connectivity index (χ0) is 18.2. The lowest BCUT2D eigenvalue weighted by atomic mass is 9.77. The van der Waals surface area contributed by atoms with Crippen LogP contribution in [0.15, 0.2) is 29.2 Å². The number of hydrogen-bond donors (Lipinski definition) is 0. The number of carbonyl (C=O) groups excluding carboxylic acids is 2. The number of piperidine rings is 1. The first-order valence-corrected chi connectivity index (χ1v) is 10.5. The average Bonchev–Trinajstić information content (AvgIpc) is 2.89. The van der Waals surface area contributed by atoms with Gasteiger partial charge in [0.2, 0.25) is 5.91 Å². The SMILES string of the molecule is CCN1CC2(CCN(C(=O)c3cccc(S(C)(=O)=O)c3)CC2)CC1=O. The highest BCUT2D eigenvalue weighted by molar-refractivity contribution is 7.90. The highest BCUT2D eigenvalue weighted by atomic mass is 32.2. The molecule has 2 aliphatic heterocycles. The average molecular weight is 364 g/mol. The molecule has 0 aliphatic carbocycles. The molecule has 1 aromatic rings. The fourth-order valence-corrected chi connectivity index (χ4v) is 4.50. The molecule has 0 atom stereocenters. The Labute approximate surface area is 148 Å². The van der Waals surface area contributed by atoms with Crippen molar-refractivity contribution >= 4 is 21.7 Å². The first-order valence-electron chi connectivity index (χ1n) is 8.61. The molecule has 0 saturated carbocycles. The van der Waals surface area contributed by atoms with Crippen molar-refractivity contribution in [1.82, 2.24) is 9.80 Å². The molecule has 6 nitrogen and oxygen atoms in total. The molecule has 136 valence electrons. The minimum Gasteiger partial charge on any atom is -0.342 e.